The molecule has 0 unspecified atom stereocenters. The molecule has 0 atom stereocenters. The van der Waals surface area contributed by atoms with Crippen LogP contribution in [0.5, 0.6) is 5.75 Å². The van der Waals surface area contributed by atoms with E-state index < -0.39 is 10.0 Å². The molecule has 0 amide bonds. The van der Waals surface area contributed by atoms with Crippen LogP contribution in [0.3, 0.4) is 0 Å². The van der Waals surface area contributed by atoms with Crippen molar-refractivity contribution in [1.29, 1.82) is 0 Å². The van der Waals surface area contributed by atoms with E-state index in [1.165, 1.54) is 17.0 Å². The average Bonchev–Trinajstić information content (AvgIpc) is 3.31. The lowest BCUT2D eigenvalue weighted by Gasteiger charge is -2.34. The zero-order chi connectivity index (χ0) is 23.6. The summed E-state index contributed by atoms with van der Waals surface area (Å²) in [5.41, 5.74) is 1.39. The van der Waals surface area contributed by atoms with Crippen LogP contribution < -0.4 is 4.74 Å². The zero-order valence-corrected chi connectivity index (χ0v) is 20.3. The van der Waals surface area contributed by atoms with Crippen LogP contribution in [0, 0.1) is 0 Å². The molecule has 0 aliphatic carbocycles. The second-order valence-corrected chi connectivity index (χ2v) is 11.1. The highest BCUT2D eigenvalue weighted by molar-refractivity contribution is 7.89. The van der Waals surface area contributed by atoms with Crippen molar-refractivity contribution in [3.05, 3.63) is 60.0 Å². The summed E-state index contributed by atoms with van der Waals surface area (Å²) in [6.45, 7) is 8.96. The molecule has 9 heteroatoms. The first-order chi connectivity index (χ1) is 15.7. The quantitative estimate of drug-likeness (QED) is 0.544. The van der Waals surface area contributed by atoms with Gasteiger partial charge in [0, 0.05) is 38.1 Å². The van der Waals surface area contributed by atoms with Crippen molar-refractivity contribution in [2.24, 2.45) is 0 Å². The molecule has 0 spiro atoms. The summed E-state index contributed by atoms with van der Waals surface area (Å²) in [4.78, 5) is 6.94. The standard InChI is InChI=1S/C24H30N4O4S/c1-24(2,3)23-25-22(26-32-23)20-16-19(10-11-21(20)31-4)33(29,30)28-14-12-27(13-15-28)17-18-8-6-5-7-9-18/h5-11,16H,12-15,17H2,1-4H3. The Morgan fingerprint density at radius 2 is 1.73 bits per heavy atom. The molecule has 2 aromatic carbocycles. The molecule has 0 saturated carbocycles. The van der Waals surface area contributed by atoms with Crippen molar-refractivity contribution in [3.8, 4) is 17.1 Å². The number of hydrogen-bond donors (Lipinski definition) is 0. The maximum absolute atomic E-state index is 13.4. The highest BCUT2D eigenvalue weighted by Crippen LogP contribution is 2.33. The van der Waals surface area contributed by atoms with Gasteiger partial charge in [0.05, 0.1) is 17.6 Å². The first-order valence-corrected chi connectivity index (χ1v) is 12.4. The monoisotopic (exact) mass is 470 g/mol. The van der Waals surface area contributed by atoms with Crippen LogP contribution in [0.1, 0.15) is 32.2 Å². The summed E-state index contributed by atoms with van der Waals surface area (Å²) in [6.07, 6.45) is 0. The second-order valence-electron chi connectivity index (χ2n) is 9.20. The molecule has 1 aromatic heterocycles. The summed E-state index contributed by atoms with van der Waals surface area (Å²) in [5.74, 6) is 1.27. The van der Waals surface area contributed by atoms with Crippen molar-refractivity contribution >= 4 is 10.0 Å². The second kappa shape index (κ2) is 9.24. The van der Waals surface area contributed by atoms with E-state index in [-0.39, 0.29) is 10.3 Å². The molecule has 3 aromatic rings. The first-order valence-electron chi connectivity index (χ1n) is 11.0. The molecular formula is C24H30N4O4S. The van der Waals surface area contributed by atoms with E-state index in [0.29, 0.717) is 49.2 Å². The number of methoxy groups -OCH3 is 1. The summed E-state index contributed by atoms with van der Waals surface area (Å²) < 4.78 is 39.2. The number of aromatic nitrogens is 2. The Kier molecular flexibility index (Phi) is 6.56. The third-order valence-corrected chi connectivity index (χ3v) is 7.59. The van der Waals surface area contributed by atoms with Gasteiger partial charge in [-0.15, -0.1) is 0 Å². The normalized spacial score (nSPS) is 16.1. The summed E-state index contributed by atoms with van der Waals surface area (Å²) in [7, 11) is -2.14. The van der Waals surface area contributed by atoms with E-state index in [9.17, 15) is 8.42 Å². The third kappa shape index (κ3) is 5.10. The summed E-state index contributed by atoms with van der Waals surface area (Å²) in [6, 6.07) is 15.0. The molecule has 0 radical (unpaired) electrons. The largest absolute Gasteiger partial charge is 0.496 e. The topological polar surface area (TPSA) is 88.8 Å². The minimum atomic E-state index is -3.67. The van der Waals surface area contributed by atoms with Gasteiger partial charge < -0.3 is 9.26 Å². The lowest BCUT2D eigenvalue weighted by atomic mass is 9.97. The smallest absolute Gasteiger partial charge is 0.243 e. The third-order valence-electron chi connectivity index (χ3n) is 5.70. The number of rotatable bonds is 6. The number of benzene rings is 2. The fourth-order valence-corrected chi connectivity index (χ4v) is 5.23. The van der Waals surface area contributed by atoms with Crippen LogP contribution >= 0.6 is 0 Å². The van der Waals surface area contributed by atoms with Gasteiger partial charge in [0.2, 0.25) is 21.7 Å². The average molecular weight is 471 g/mol. The van der Waals surface area contributed by atoms with Crippen molar-refractivity contribution < 1.29 is 17.7 Å². The summed E-state index contributed by atoms with van der Waals surface area (Å²) in [5, 5.41) is 4.07. The molecular weight excluding hydrogens is 440 g/mol. The highest BCUT2D eigenvalue weighted by atomic mass is 32.2. The first kappa shape index (κ1) is 23.4. The van der Waals surface area contributed by atoms with Crippen LogP contribution in [0.2, 0.25) is 0 Å². The fraction of sp³-hybridized carbons (Fsp3) is 0.417. The lowest BCUT2D eigenvalue weighted by molar-refractivity contribution is 0.181. The molecule has 176 valence electrons. The van der Waals surface area contributed by atoms with E-state index >= 15 is 0 Å². The van der Waals surface area contributed by atoms with E-state index in [1.54, 1.807) is 18.2 Å². The maximum atomic E-state index is 13.4. The van der Waals surface area contributed by atoms with E-state index in [1.807, 2.05) is 39.0 Å². The van der Waals surface area contributed by atoms with Gasteiger partial charge in [-0.05, 0) is 23.8 Å². The Morgan fingerprint density at radius 1 is 1.03 bits per heavy atom. The van der Waals surface area contributed by atoms with E-state index in [2.05, 4.69) is 27.2 Å². The molecule has 0 bridgehead atoms. The van der Waals surface area contributed by atoms with Crippen LogP contribution in [-0.2, 0) is 22.0 Å². The Labute approximate surface area is 195 Å². The number of hydrogen-bond acceptors (Lipinski definition) is 7. The minimum absolute atomic E-state index is 0.192. The molecule has 8 nitrogen and oxygen atoms in total. The van der Waals surface area contributed by atoms with E-state index in [0.717, 1.165) is 6.54 Å². The Bertz CT molecular complexity index is 1190. The van der Waals surface area contributed by atoms with Gasteiger partial charge in [-0.2, -0.15) is 9.29 Å². The SMILES string of the molecule is COc1ccc(S(=O)(=O)N2CCN(Cc3ccccc3)CC2)cc1-c1noc(C(C)(C)C)n1. The predicted octanol–water partition coefficient (Wildman–Crippen LogP) is 3.55. The van der Waals surface area contributed by atoms with Gasteiger partial charge in [-0.3, -0.25) is 4.90 Å². The lowest BCUT2D eigenvalue weighted by Crippen LogP contribution is -2.48. The van der Waals surface area contributed by atoms with Crippen LogP contribution in [0.25, 0.3) is 11.4 Å². The van der Waals surface area contributed by atoms with Gasteiger partial charge in [-0.25, -0.2) is 8.42 Å². The number of nitrogens with zero attached hydrogens (tertiary/aromatic N) is 4. The van der Waals surface area contributed by atoms with Crippen molar-refractivity contribution in [2.75, 3.05) is 33.3 Å². The van der Waals surface area contributed by atoms with Crippen LogP contribution in [0.4, 0.5) is 0 Å². The molecule has 1 aliphatic heterocycles. The molecule has 1 aliphatic rings. The van der Waals surface area contributed by atoms with Gasteiger partial charge >= 0.3 is 0 Å². The van der Waals surface area contributed by atoms with Crippen molar-refractivity contribution in [2.45, 2.75) is 37.6 Å². The van der Waals surface area contributed by atoms with Gasteiger partial charge in [-0.1, -0.05) is 56.3 Å². The van der Waals surface area contributed by atoms with Gasteiger partial charge in [0.25, 0.3) is 0 Å². The molecule has 2 heterocycles. The molecule has 33 heavy (non-hydrogen) atoms. The highest BCUT2D eigenvalue weighted by Gasteiger charge is 2.30. The molecule has 1 fully saturated rings. The van der Waals surface area contributed by atoms with E-state index in [4.69, 9.17) is 9.26 Å². The maximum Gasteiger partial charge on any atom is 0.243 e. The fourth-order valence-electron chi connectivity index (χ4n) is 3.78. The Hall–Kier alpha value is -2.75. The number of sulfonamides is 1. The van der Waals surface area contributed by atoms with Gasteiger partial charge in [0.15, 0.2) is 0 Å². The van der Waals surface area contributed by atoms with Crippen LogP contribution in [-0.4, -0.2) is 61.1 Å². The minimum Gasteiger partial charge on any atom is -0.496 e. The molecule has 4 rings (SSSR count). The number of ether oxygens (including phenoxy) is 1. The predicted molar refractivity (Wildman–Crippen MR) is 125 cm³/mol. The Morgan fingerprint density at radius 3 is 2.33 bits per heavy atom. The van der Waals surface area contributed by atoms with Crippen molar-refractivity contribution in [1.82, 2.24) is 19.3 Å². The number of piperazine rings is 1. The molecule has 1 saturated heterocycles. The van der Waals surface area contributed by atoms with Crippen molar-refractivity contribution in [3.63, 3.8) is 0 Å². The zero-order valence-electron chi connectivity index (χ0n) is 19.5. The Balaban J connectivity index is 1.53. The molecule has 0 N–H and O–H groups in total. The van der Waals surface area contributed by atoms with Gasteiger partial charge in [0.1, 0.15) is 5.75 Å². The summed E-state index contributed by atoms with van der Waals surface area (Å²) >= 11 is 0. The van der Waals surface area contributed by atoms with Crippen LogP contribution in [0.15, 0.2) is 57.9 Å².